The molecule has 0 aliphatic carbocycles. The van der Waals surface area contributed by atoms with Gasteiger partial charge in [-0.1, -0.05) is 0 Å². The van der Waals surface area contributed by atoms with Crippen LogP contribution in [0.4, 0.5) is 0 Å². The van der Waals surface area contributed by atoms with Crippen molar-refractivity contribution in [2.24, 2.45) is 0 Å². The van der Waals surface area contributed by atoms with Crippen molar-refractivity contribution in [1.82, 2.24) is 0 Å². The van der Waals surface area contributed by atoms with Gasteiger partial charge in [-0.25, -0.2) is 0 Å². The van der Waals surface area contributed by atoms with Crippen LogP contribution in [0.15, 0.2) is 0 Å². The zero-order valence-corrected chi connectivity index (χ0v) is 7.76. The smallest absolute Gasteiger partial charge is 0 e. The molecule has 0 radical (unpaired) electrons. The molecule has 4 heavy (non-hydrogen) atoms. The average molecular weight is 163 g/mol. The van der Waals surface area contributed by atoms with Crippen molar-refractivity contribution in [2.45, 2.75) is 0 Å². The summed E-state index contributed by atoms with van der Waals surface area (Å²) in [6.45, 7) is 0. The molecule has 0 N–H and O–H groups in total. The van der Waals surface area contributed by atoms with Crippen molar-refractivity contribution in [3.63, 3.8) is 0 Å². The monoisotopic (exact) mass is 161 g/mol. The molecule has 4 heteroatoms. The maximum Gasteiger partial charge on any atom is 0 e. The molecule has 1 nitrogen and oxygen atoms in total. The van der Waals surface area contributed by atoms with E-state index in [0.717, 1.165) is 0 Å². The minimum Gasteiger partial charge on any atom is 0 e. The summed E-state index contributed by atoms with van der Waals surface area (Å²) in [6.07, 6.45) is 0. The average Bonchev–Trinajstić information content (AvgIpc) is 1.00. The van der Waals surface area contributed by atoms with Crippen LogP contribution >= 0.6 is 0 Å². The quantitative estimate of drug-likeness (QED) is 0.448. The van der Waals surface area contributed by atoms with E-state index in [2.05, 4.69) is 0 Å². The Hall–Kier alpha value is 1.71. The summed E-state index contributed by atoms with van der Waals surface area (Å²) in [4.78, 5) is 0. The Bertz CT molecular complexity index is 13.5. The van der Waals surface area contributed by atoms with Crippen molar-refractivity contribution < 1.29 is 42.1 Å². The third-order valence-corrected chi connectivity index (χ3v) is 0. The van der Waals surface area contributed by atoms with Gasteiger partial charge in [0.15, 0.2) is 0 Å². The first-order chi connectivity index (χ1) is 1.00. The minimum atomic E-state index is 0. The maximum atomic E-state index is 8.06. The van der Waals surface area contributed by atoms with E-state index in [-0.39, 0.29) is 45.4 Å². The molecule has 0 saturated carbocycles. The van der Waals surface area contributed by atoms with Crippen LogP contribution < -0.4 is 0 Å². The molecule has 0 amide bonds. The molecule has 0 rings (SSSR count). The third kappa shape index (κ3) is 9.32. The van der Waals surface area contributed by atoms with Crippen molar-refractivity contribution in [1.29, 1.82) is 0 Å². The third-order valence-electron chi connectivity index (χ3n) is 0. The zero-order chi connectivity index (χ0) is 2.00. The van der Waals surface area contributed by atoms with Gasteiger partial charge in [-0.05, 0) is 0 Å². The molecule has 0 aromatic heterocycles. The summed E-state index contributed by atoms with van der Waals surface area (Å²) in [6, 6.07) is 0. The first-order valence-electron chi connectivity index (χ1n) is 0.154. The molecule has 0 saturated heterocycles. The second-order valence-corrected chi connectivity index (χ2v) is 0. The topological polar surface area (TPSA) is 17.1 Å². The number of hydrogen-bond donors (Lipinski definition) is 0. The molecular formula is H2MgMnOZn. The van der Waals surface area contributed by atoms with Gasteiger partial charge >= 0.3 is 42.8 Å². The molecule has 0 spiro atoms. The van der Waals surface area contributed by atoms with Crippen LogP contribution in [0.2, 0.25) is 0 Å². The molecule has 0 unspecified atom stereocenters. The Morgan fingerprint density at radius 3 is 1.50 bits per heavy atom. The van der Waals surface area contributed by atoms with Crippen molar-refractivity contribution in [2.75, 3.05) is 0 Å². The SMILES string of the molecule is [H-].[H-].[Mg+2].[O]=[Mn].[Zn]. The van der Waals surface area contributed by atoms with E-state index in [1.807, 2.05) is 0 Å². The molecular weight excluding hydrogens is 161 g/mol. The van der Waals surface area contributed by atoms with E-state index in [1.165, 1.54) is 0 Å². The van der Waals surface area contributed by atoms with E-state index < -0.39 is 0 Å². The maximum absolute atomic E-state index is 8.06. The second kappa shape index (κ2) is 22.2. The predicted octanol–water partition coefficient (Wildman–Crippen LogP) is -0.280. The van der Waals surface area contributed by atoms with Gasteiger partial charge in [0.2, 0.25) is 0 Å². The number of hydrogen-bond acceptors (Lipinski definition) is 1. The van der Waals surface area contributed by atoms with Crippen LogP contribution in [0.25, 0.3) is 0 Å². The van der Waals surface area contributed by atoms with Gasteiger partial charge in [-0.2, -0.15) is 0 Å². The van der Waals surface area contributed by atoms with E-state index >= 15 is 0 Å². The molecule has 0 fully saturated rings. The Labute approximate surface area is 64.8 Å². The minimum absolute atomic E-state index is 0. The fourth-order valence-corrected chi connectivity index (χ4v) is 0. The predicted molar refractivity (Wildman–Crippen MR) is 8.66 cm³/mol. The molecule has 0 aromatic carbocycles. The molecule has 0 heterocycles. The fraction of sp³-hybridized carbons (Fsp3) is 0. The van der Waals surface area contributed by atoms with Crippen LogP contribution in [-0.2, 0) is 39.3 Å². The van der Waals surface area contributed by atoms with E-state index in [9.17, 15) is 0 Å². The Morgan fingerprint density at radius 2 is 1.50 bits per heavy atom. The summed E-state index contributed by atoms with van der Waals surface area (Å²) in [5, 5.41) is 0. The standard InChI is InChI=1S/Mg.Mn.O.Zn.2H/q+2;;;;2*-1. The van der Waals surface area contributed by atoms with Crippen LogP contribution in [-0.4, -0.2) is 23.1 Å². The van der Waals surface area contributed by atoms with Crippen molar-refractivity contribution in [3.8, 4) is 0 Å². The summed E-state index contributed by atoms with van der Waals surface area (Å²) in [5.74, 6) is 0. The van der Waals surface area contributed by atoms with Crippen LogP contribution in [0.3, 0.4) is 0 Å². The Kier molecular flexibility index (Phi) is 95.6. The second-order valence-electron chi connectivity index (χ2n) is 0. The van der Waals surface area contributed by atoms with Crippen molar-refractivity contribution in [3.05, 3.63) is 0 Å². The summed E-state index contributed by atoms with van der Waals surface area (Å²) >= 11 is 1.69. The Morgan fingerprint density at radius 1 is 1.50 bits per heavy atom. The summed E-state index contributed by atoms with van der Waals surface area (Å²) in [5.41, 5.74) is 0. The molecule has 0 bridgehead atoms. The van der Waals surface area contributed by atoms with Gasteiger partial charge in [0.25, 0.3) is 0 Å². The van der Waals surface area contributed by atoms with Crippen molar-refractivity contribution >= 4 is 23.1 Å². The molecule has 0 aliphatic heterocycles. The fourth-order valence-electron chi connectivity index (χ4n) is 0. The van der Waals surface area contributed by atoms with Gasteiger partial charge in [0.05, 0.1) is 0 Å². The normalized spacial score (nSPS) is 1.00. The largest absolute Gasteiger partial charge is 0 e. The summed E-state index contributed by atoms with van der Waals surface area (Å²) < 4.78 is 8.06. The van der Waals surface area contributed by atoms with Gasteiger partial charge in [0, 0.05) is 19.5 Å². The van der Waals surface area contributed by atoms with Gasteiger partial charge in [0.1, 0.15) is 0 Å². The molecule has 19 valence electrons. The van der Waals surface area contributed by atoms with E-state index in [0.29, 0.717) is 0 Å². The van der Waals surface area contributed by atoms with Gasteiger partial charge in [-0.15, -0.1) is 0 Å². The molecule has 0 atom stereocenters. The number of rotatable bonds is 0. The van der Waals surface area contributed by atoms with Gasteiger partial charge < -0.3 is 2.85 Å². The van der Waals surface area contributed by atoms with Crippen LogP contribution in [0.1, 0.15) is 2.85 Å². The Balaban J connectivity index is -0.000000000833. The zero-order valence-electron chi connectivity index (χ0n) is 4.20. The first kappa shape index (κ1) is 17.3. The first-order valence-corrected chi connectivity index (χ1v) is 0.636. The van der Waals surface area contributed by atoms with Gasteiger partial charge in [-0.3, -0.25) is 0 Å². The van der Waals surface area contributed by atoms with E-state index in [4.69, 9.17) is 3.83 Å². The van der Waals surface area contributed by atoms with E-state index in [1.54, 1.807) is 15.9 Å². The molecule has 0 aromatic rings. The molecule has 0 aliphatic rings. The van der Waals surface area contributed by atoms with Crippen LogP contribution in [0, 0.1) is 0 Å². The summed E-state index contributed by atoms with van der Waals surface area (Å²) in [7, 11) is 0. The van der Waals surface area contributed by atoms with Crippen LogP contribution in [0.5, 0.6) is 0 Å².